The van der Waals surface area contributed by atoms with Crippen molar-refractivity contribution in [1.29, 1.82) is 0 Å². The van der Waals surface area contributed by atoms with E-state index >= 15 is 0 Å². The Morgan fingerprint density at radius 3 is 2.35 bits per heavy atom. The fourth-order valence-corrected chi connectivity index (χ4v) is 2.67. The average Bonchev–Trinajstić information content (AvgIpc) is 2.67. The van der Waals surface area contributed by atoms with Crippen LogP contribution >= 0.6 is 15.9 Å². The van der Waals surface area contributed by atoms with Crippen LogP contribution in [0.3, 0.4) is 0 Å². The van der Waals surface area contributed by atoms with E-state index in [1.807, 2.05) is 42.5 Å². The molecule has 2 N–H and O–H groups in total. The fourth-order valence-electron chi connectivity index (χ4n) is 2.40. The SMILES string of the molecule is Nc1c(Oc2ccc(Br)cc2)ncnc1Oc1cccc2cccnc12. The van der Waals surface area contributed by atoms with E-state index in [0.717, 1.165) is 15.4 Å². The molecular weight excluding hydrogens is 396 g/mol. The maximum absolute atomic E-state index is 6.15. The van der Waals surface area contributed by atoms with Gasteiger partial charge in [0, 0.05) is 16.1 Å². The summed E-state index contributed by atoms with van der Waals surface area (Å²) >= 11 is 3.38. The molecule has 4 aromatic rings. The summed E-state index contributed by atoms with van der Waals surface area (Å²) < 4.78 is 12.6. The first-order chi connectivity index (χ1) is 12.7. The van der Waals surface area contributed by atoms with Crippen LogP contribution in [0.25, 0.3) is 10.9 Å². The Bertz CT molecular complexity index is 1070. The van der Waals surface area contributed by atoms with Gasteiger partial charge >= 0.3 is 0 Å². The van der Waals surface area contributed by atoms with Gasteiger partial charge in [-0.15, -0.1) is 0 Å². The number of hydrogen-bond acceptors (Lipinski definition) is 6. The van der Waals surface area contributed by atoms with Crippen LogP contribution in [-0.4, -0.2) is 15.0 Å². The van der Waals surface area contributed by atoms with E-state index in [1.54, 1.807) is 18.3 Å². The minimum Gasteiger partial charge on any atom is -0.437 e. The zero-order valence-corrected chi connectivity index (χ0v) is 15.1. The van der Waals surface area contributed by atoms with Crippen molar-refractivity contribution in [2.75, 3.05) is 5.73 Å². The lowest BCUT2D eigenvalue weighted by molar-refractivity contribution is 0.440. The molecule has 6 nitrogen and oxygen atoms in total. The minimum atomic E-state index is 0.211. The monoisotopic (exact) mass is 408 g/mol. The summed E-state index contributed by atoms with van der Waals surface area (Å²) in [7, 11) is 0. The second-order valence-corrected chi connectivity index (χ2v) is 6.30. The number of nitrogens with two attached hydrogens (primary N) is 1. The maximum atomic E-state index is 6.15. The molecule has 0 spiro atoms. The van der Waals surface area contributed by atoms with Crippen LogP contribution in [0.15, 0.2) is 71.6 Å². The van der Waals surface area contributed by atoms with Crippen LogP contribution in [0, 0.1) is 0 Å². The van der Waals surface area contributed by atoms with Crippen LogP contribution in [0.1, 0.15) is 0 Å². The lowest BCUT2D eigenvalue weighted by Gasteiger charge is -2.12. The number of rotatable bonds is 4. The van der Waals surface area contributed by atoms with Crippen LogP contribution in [0.2, 0.25) is 0 Å². The molecule has 26 heavy (non-hydrogen) atoms. The Kier molecular flexibility index (Phi) is 4.37. The number of para-hydroxylation sites is 1. The van der Waals surface area contributed by atoms with Gasteiger partial charge < -0.3 is 15.2 Å². The Balaban J connectivity index is 1.66. The molecular formula is C19H13BrN4O2. The van der Waals surface area contributed by atoms with Crippen molar-refractivity contribution >= 4 is 32.5 Å². The normalized spacial score (nSPS) is 10.7. The summed E-state index contributed by atoms with van der Waals surface area (Å²) in [6, 6.07) is 16.8. The number of pyridine rings is 1. The number of benzene rings is 2. The molecule has 2 aromatic carbocycles. The zero-order chi connectivity index (χ0) is 17.9. The van der Waals surface area contributed by atoms with Gasteiger partial charge in [-0.1, -0.05) is 34.1 Å². The molecule has 0 saturated carbocycles. The summed E-state index contributed by atoms with van der Waals surface area (Å²) in [4.78, 5) is 12.6. The summed E-state index contributed by atoms with van der Waals surface area (Å²) in [5, 5.41) is 0.962. The highest BCUT2D eigenvalue weighted by Gasteiger charge is 2.14. The van der Waals surface area contributed by atoms with Crippen molar-refractivity contribution in [1.82, 2.24) is 15.0 Å². The molecule has 0 atom stereocenters. The fraction of sp³-hybridized carbons (Fsp3) is 0. The molecule has 0 bridgehead atoms. The minimum absolute atomic E-state index is 0.211. The van der Waals surface area contributed by atoms with Crippen LogP contribution in [0.4, 0.5) is 5.69 Å². The van der Waals surface area contributed by atoms with Crippen molar-refractivity contribution in [2.24, 2.45) is 0 Å². The van der Waals surface area contributed by atoms with Crippen molar-refractivity contribution in [3.63, 3.8) is 0 Å². The smallest absolute Gasteiger partial charge is 0.249 e. The largest absolute Gasteiger partial charge is 0.437 e. The second-order valence-electron chi connectivity index (χ2n) is 5.39. The van der Waals surface area contributed by atoms with Gasteiger partial charge in [-0.2, -0.15) is 9.97 Å². The Labute approximate surface area is 157 Å². The summed E-state index contributed by atoms with van der Waals surface area (Å²) in [5.74, 6) is 1.61. The van der Waals surface area contributed by atoms with Gasteiger partial charge in [0.15, 0.2) is 11.4 Å². The molecule has 0 aliphatic rings. The van der Waals surface area contributed by atoms with E-state index in [-0.39, 0.29) is 17.4 Å². The summed E-state index contributed by atoms with van der Waals surface area (Å²) in [6.45, 7) is 0. The predicted octanol–water partition coefficient (Wildman–Crippen LogP) is 4.95. The number of anilines is 1. The third-order valence-electron chi connectivity index (χ3n) is 3.64. The lowest BCUT2D eigenvalue weighted by Crippen LogP contribution is -2.01. The van der Waals surface area contributed by atoms with Gasteiger partial charge in [-0.3, -0.25) is 4.98 Å². The molecule has 0 aliphatic carbocycles. The molecule has 128 valence electrons. The first-order valence-electron chi connectivity index (χ1n) is 7.76. The third-order valence-corrected chi connectivity index (χ3v) is 4.17. The quantitative estimate of drug-likeness (QED) is 0.513. The number of aromatic nitrogens is 3. The number of halogens is 1. The number of hydrogen-bond donors (Lipinski definition) is 1. The first kappa shape index (κ1) is 16.3. The van der Waals surface area contributed by atoms with E-state index in [2.05, 4.69) is 30.9 Å². The summed E-state index contributed by atoms with van der Waals surface area (Å²) in [6.07, 6.45) is 3.05. The molecule has 0 unspecified atom stereocenters. The van der Waals surface area contributed by atoms with Crippen LogP contribution in [0.5, 0.6) is 23.3 Å². The van der Waals surface area contributed by atoms with E-state index in [9.17, 15) is 0 Å². The van der Waals surface area contributed by atoms with Crippen LogP contribution in [-0.2, 0) is 0 Å². The molecule has 2 aromatic heterocycles. The van der Waals surface area contributed by atoms with Gasteiger partial charge in [0.25, 0.3) is 0 Å². The van der Waals surface area contributed by atoms with Gasteiger partial charge in [-0.05, 0) is 36.4 Å². The lowest BCUT2D eigenvalue weighted by atomic mass is 10.2. The number of fused-ring (bicyclic) bond motifs is 1. The van der Waals surface area contributed by atoms with Gasteiger partial charge in [0.05, 0.1) is 0 Å². The molecule has 0 amide bonds. The van der Waals surface area contributed by atoms with Crippen molar-refractivity contribution < 1.29 is 9.47 Å². The van der Waals surface area contributed by atoms with E-state index < -0.39 is 0 Å². The van der Waals surface area contributed by atoms with Crippen LogP contribution < -0.4 is 15.2 Å². The first-order valence-corrected chi connectivity index (χ1v) is 8.55. The average molecular weight is 409 g/mol. The number of nitrogen functional groups attached to an aromatic ring is 1. The summed E-state index contributed by atoms with van der Waals surface area (Å²) in [5.41, 5.74) is 7.09. The molecule has 7 heteroatoms. The third kappa shape index (κ3) is 3.29. The van der Waals surface area contributed by atoms with Gasteiger partial charge in [-0.25, -0.2) is 0 Å². The van der Waals surface area contributed by atoms with E-state index in [4.69, 9.17) is 15.2 Å². The predicted molar refractivity (Wildman–Crippen MR) is 102 cm³/mol. The number of nitrogens with zero attached hydrogens (tertiary/aromatic N) is 3. The number of ether oxygens (including phenoxy) is 2. The zero-order valence-electron chi connectivity index (χ0n) is 13.5. The highest BCUT2D eigenvalue weighted by molar-refractivity contribution is 9.10. The highest BCUT2D eigenvalue weighted by atomic mass is 79.9. The Morgan fingerprint density at radius 1 is 0.808 bits per heavy atom. The second kappa shape index (κ2) is 6.97. The molecule has 2 heterocycles. The molecule has 0 fully saturated rings. The molecule has 0 saturated heterocycles. The topological polar surface area (TPSA) is 83.2 Å². The van der Waals surface area contributed by atoms with Gasteiger partial charge in [0.2, 0.25) is 11.8 Å². The van der Waals surface area contributed by atoms with Crippen molar-refractivity contribution in [3.8, 4) is 23.3 Å². The van der Waals surface area contributed by atoms with E-state index in [1.165, 1.54) is 6.33 Å². The van der Waals surface area contributed by atoms with Gasteiger partial charge in [0.1, 0.15) is 17.6 Å². The van der Waals surface area contributed by atoms with E-state index in [0.29, 0.717) is 11.5 Å². The van der Waals surface area contributed by atoms with Crippen molar-refractivity contribution in [2.45, 2.75) is 0 Å². The molecule has 0 radical (unpaired) electrons. The highest BCUT2D eigenvalue weighted by Crippen LogP contribution is 2.35. The molecule has 0 aliphatic heterocycles. The maximum Gasteiger partial charge on any atom is 0.249 e. The molecule has 4 rings (SSSR count). The van der Waals surface area contributed by atoms with Crippen molar-refractivity contribution in [3.05, 3.63) is 71.6 Å². The Morgan fingerprint density at radius 2 is 1.54 bits per heavy atom. The standard InChI is InChI=1S/C19H13BrN4O2/c20-13-6-8-14(9-7-13)25-18-16(21)19(24-11-23-18)26-15-5-1-3-12-4-2-10-22-17(12)15/h1-11H,21H2. The Hall–Kier alpha value is -3.19.